The van der Waals surface area contributed by atoms with Crippen LogP contribution in [0, 0.1) is 0 Å². The second-order valence-corrected chi connectivity index (χ2v) is 8.88. The molecule has 3 heterocycles. The summed E-state index contributed by atoms with van der Waals surface area (Å²) in [5, 5.41) is 13.5. The molecule has 0 aliphatic heterocycles. The lowest BCUT2D eigenvalue weighted by Crippen LogP contribution is -2.37. The molecule has 3 aromatic heterocycles. The van der Waals surface area contributed by atoms with Crippen LogP contribution in [-0.4, -0.2) is 37.5 Å². The SMILES string of the molecule is CCn1c(SCC(=O)NC2CCCCC2)nnc1-c1sc2ncccc2c1N. The van der Waals surface area contributed by atoms with E-state index in [2.05, 4.69) is 20.5 Å². The average molecular weight is 417 g/mol. The van der Waals surface area contributed by atoms with E-state index in [0.29, 0.717) is 24.0 Å². The summed E-state index contributed by atoms with van der Waals surface area (Å²) >= 11 is 2.94. The molecule has 148 valence electrons. The quantitative estimate of drug-likeness (QED) is 0.595. The molecule has 9 heteroatoms. The molecule has 3 aromatic rings. The van der Waals surface area contributed by atoms with E-state index in [9.17, 15) is 4.79 Å². The van der Waals surface area contributed by atoms with Crippen molar-refractivity contribution in [2.24, 2.45) is 0 Å². The van der Waals surface area contributed by atoms with Crippen molar-refractivity contribution in [2.45, 2.75) is 56.8 Å². The zero-order valence-electron chi connectivity index (χ0n) is 15.9. The molecule has 1 aliphatic rings. The Bertz CT molecular complexity index is 976. The van der Waals surface area contributed by atoms with Gasteiger partial charge in [-0.1, -0.05) is 31.0 Å². The van der Waals surface area contributed by atoms with Crippen molar-refractivity contribution in [3.8, 4) is 10.7 Å². The highest BCUT2D eigenvalue weighted by atomic mass is 32.2. The Hall–Kier alpha value is -2.13. The first kappa shape index (κ1) is 19.2. The number of carbonyl (C=O) groups excluding carboxylic acids is 1. The number of fused-ring (bicyclic) bond motifs is 1. The third kappa shape index (κ3) is 3.86. The van der Waals surface area contributed by atoms with Crippen LogP contribution in [0.15, 0.2) is 23.5 Å². The summed E-state index contributed by atoms with van der Waals surface area (Å²) in [6.07, 6.45) is 7.63. The molecule has 1 aliphatic carbocycles. The molecule has 28 heavy (non-hydrogen) atoms. The number of thioether (sulfide) groups is 1. The minimum absolute atomic E-state index is 0.0645. The Morgan fingerprint density at radius 2 is 2.18 bits per heavy atom. The lowest BCUT2D eigenvalue weighted by Gasteiger charge is -2.22. The van der Waals surface area contributed by atoms with E-state index in [4.69, 9.17) is 5.73 Å². The molecule has 0 aromatic carbocycles. The van der Waals surface area contributed by atoms with Gasteiger partial charge in [0.25, 0.3) is 0 Å². The van der Waals surface area contributed by atoms with Gasteiger partial charge >= 0.3 is 0 Å². The summed E-state index contributed by atoms with van der Waals surface area (Å²) in [4.78, 5) is 18.5. The molecule has 0 atom stereocenters. The van der Waals surface area contributed by atoms with E-state index in [1.165, 1.54) is 42.4 Å². The average Bonchev–Trinajstić information content (AvgIpc) is 3.28. The lowest BCUT2D eigenvalue weighted by atomic mass is 9.95. The first-order valence-corrected chi connectivity index (χ1v) is 11.5. The third-order valence-electron chi connectivity index (χ3n) is 5.04. The molecule has 1 fully saturated rings. The summed E-state index contributed by atoms with van der Waals surface area (Å²) in [7, 11) is 0. The molecule has 0 unspecified atom stereocenters. The van der Waals surface area contributed by atoms with Crippen LogP contribution >= 0.6 is 23.1 Å². The van der Waals surface area contributed by atoms with E-state index >= 15 is 0 Å². The maximum Gasteiger partial charge on any atom is 0.230 e. The predicted molar refractivity (Wildman–Crippen MR) is 114 cm³/mol. The zero-order valence-corrected chi connectivity index (χ0v) is 17.5. The van der Waals surface area contributed by atoms with Gasteiger partial charge in [0, 0.05) is 24.2 Å². The van der Waals surface area contributed by atoms with Gasteiger partial charge in [-0.15, -0.1) is 21.5 Å². The number of carbonyl (C=O) groups is 1. The van der Waals surface area contributed by atoms with Crippen LogP contribution in [0.4, 0.5) is 5.69 Å². The second kappa shape index (κ2) is 8.48. The number of pyridine rings is 1. The Kier molecular flexibility index (Phi) is 5.82. The number of nitrogens with two attached hydrogens (primary N) is 1. The number of nitrogens with one attached hydrogen (secondary N) is 1. The Labute approximate surface area is 172 Å². The van der Waals surface area contributed by atoms with E-state index in [-0.39, 0.29) is 5.91 Å². The standard InChI is InChI=1S/C19H24N6OS2/c1-2-25-17(16-15(20)13-9-6-10-21-18(13)28-16)23-24-19(25)27-11-14(26)22-12-7-4-3-5-8-12/h6,9-10,12H,2-5,7-8,11,20H2,1H3,(H,22,26). The second-order valence-electron chi connectivity index (χ2n) is 6.94. The van der Waals surface area contributed by atoms with Gasteiger partial charge in [0.1, 0.15) is 4.83 Å². The number of rotatable bonds is 6. The summed E-state index contributed by atoms with van der Waals surface area (Å²) in [5.74, 6) is 1.14. The number of hydrogen-bond donors (Lipinski definition) is 2. The van der Waals surface area contributed by atoms with Crippen LogP contribution in [0.3, 0.4) is 0 Å². The molecule has 1 saturated carbocycles. The lowest BCUT2D eigenvalue weighted by molar-refractivity contribution is -0.119. The van der Waals surface area contributed by atoms with Crippen LogP contribution in [-0.2, 0) is 11.3 Å². The van der Waals surface area contributed by atoms with Gasteiger partial charge in [-0.3, -0.25) is 4.79 Å². The number of amides is 1. The predicted octanol–water partition coefficient (Wildman–Crippen LogP) is 3.70. The van der Waals surface area contributed by atoms with Crippen LogP contribution in [0.25, 0.3) is 20.9 Å². The van der Waals surface area contributed by atoms with Crippen molar-refractivity contribution in [2.75, 3.05) is 11.5 Å². The number of nitrogens with zero attached hydrogens (tertiary/aromatic N) is 4. The van der Waals surface area contributed by atoms with Gasteiger partial charge in [-0.05, 0) is 31.9 Å². The number of anilines is 1. The van der Waals surface area contributed by atoms with Crippen molar-refractivity contribution >= 4 is 44.9 Å². The van der Waals surface area contributed by atoms with Gasteiger partial charge in [-0.2, -0.15) is 0 Å². The molecule has 3 N–H and O–H groups in total. The van der Waals surface area contributed by atoms with E-state index in [0.717, 1.165) is 38.9 Å². The Morgan fingerprint density at radius 1 is 1.36 bits per heavy atom. The maximum atomic E-state index is 12.3. The van der Waals surface area contributed by atoms with Crippen molar-refractivity contribution in [1.29, 1.82) is 0 Å². The maximum absolute atomic E-state index is 12.3. The minimum atomic E-state index is 0.0645. The minimum Gasteiger partial charge on any atom is -0.397 e. The molecule has 0 saturated heterocycles. The van der Waals surface area contributed by atoms with E-state index in [1.54, 1.807) is 6.20 Å². The third-order valence-corrected chi connectivity index (χ3v) is 7.14. The summed E-state index contributed by atoms with van der Waals surface area (Å²) in [6.45, 7) is 2.75. The fourth-order valence-corrected chi connectivity index (χ4v) is 5.48. The summed E-state index contributed by atoms with van der Waals surface area (Å²) in [5.41, 5.74) is 7.03. The molecule has 0 radical (unpaired) electrons. The van der Waals surface area contributed by atoms with Crippen molar-refractivity contribution in [1.82, 2.24) is 25.1 Å². The largest absolute Gasteiger partial charge is 0.397 e. The first-order valence-electron chi connectivity index (χ1n) is 9.66. The number of thiophene rings is 1. The highest BCUT2D eigenvalue weighted by molar-refractivity contribution is 7.99. The first-order chi connectivity index (χ1) is 13.7. The highest BCUT2D eigenvalue weighted by Crippen LogP contribution is 2.39. The summed E-state index contributed by atoms with van der Waals surface area (Å²) in [6, 6.07) is 4.17. The number of hydrogen-bond acceptors (Lipinski definition) is 7. The topological polar surface area (TPSA) is 98.7 Å². The van der Waals surface area contributed by atoms with Gasteiger partial charge in [0.15, 0.2) is 11.0 Å². The fraction of sp³-hybridized carbons (Fsp3) is 0.474. The van der Waals surface area contributed by atoms with Crippen LogP contribution in [0.2, 0.25) is 0 Å². The van der Waals surface area contributed by atoms with Crippen LogP contribution in [0.5, 0.6) is 0 Å². The Balaban J connectivity index is 1.49. The number of aromatic nitrogens is 4. The highest BCUT2D eigenvalue weighted by Gasteiger charge is 2.21. The smallest absolute Gasteiger partial charge is 0.230 e. The van der Waals surface area contributed by atoms with Crippen molar-refractivity contribution < 1.29 is 4.79 Å². The normalized spacial score (nSPS) is 15.2. The van der Waals surface area contributed by atoms with Gasteiger partial charge in [-0.25, -0.2) is 4.98 Å². The van der Waals surface area contributed by atoms with Crippen molar-refractivity contribution in [3.63, 3.8) is 0 Å². The zero-order chi connectivity index (χ0) is 19.5. The van der Waals surface area contributed by atoms with Gasteiger partial charge < -0.3 is 15.6 Å². The molecule has 4 rings (SSSR count). The van der Waals surface area contributed by atoms with Crippen molar-refractivity contribution in [3.05, 3.63) is 18.3 Å². The monoisotopic (exact) mass is 416 g/mol. The van der Waals surface area contributed by atoms with E-state index in [1.807, 2.05) is 23.6 Å². The van der Waals surface area contributed by atoms with Gasteiger partial charge in [0.05, 0.1) is 16.3 Å². The Morgan fingerprint density at radius 3 is 2.93 bits per heavy atom. The van der Waals surface area contributed by atoms with Crippen LogP contribution < -0.4 is 11.1 Å². The van der Waals surface area contributed by atoms with E-state index < -0.39 is 0 Å². The van der Waals surface area contributed by atoms with Crippen LogP contribution in [0.1, 0.15) is 39.0 Å². The molecular formula is C19H24N6OS2. The molecule has 0 bridgehead atoms. The fourth-order valence-electron chi connectivity index (χ4n) is 3.61. The number of nitrogen functional groups attached to an aromatic ring is 1. The summed E-state index contributed by atoms with van der Waals surface area (Å²) < 4.78 is 2.01. The molecule has 0 spiro atoms. The molecule has 7 nitrogen and oxygen atoms in total. The molecule has 1 amide bonds. The van der Waals surface area contributed by atoms with Gasteiger partial charge in [0.2, 0.25) is 5.91 Å². The molecular weight excluding hydrogens is 392 g/mol.